The van der Waals surface area contributed by atoms with Crippen LogP contribution in [0.2, 0.25) is 0 Å². The SMILES string of the molecule is N#CCNC(=O)C(=O)NCc1ccc2c(c1)OCO2. The van der Waals surface area contributed by atoms with Crippen LogP contribution in [0.5, 0.6) is 11.5 Å². The van der Waals surface area contributed by atoms with E-state index in [-0.39, 0.29) is 19.9 Å². The van der Waals surface area contributed by atoms with Gasteiger partial charge in [0.1, 0.15) is 6.54 Å². The van der Waals surface area contributed by atoms with E-state index in [9.17, 15) is 9.59 Å². The van der Waals surface area contributed by atoms with Gasteiger partial charge in [0.2, 0.25) is 6.79 Å². The molecular weight excluding hydrogens is 250 g/mol. The Bertz CT molecular complexity index is 550. The van der Waals surface area contributed by atoms with Gasteiger partial charge < -0.3 is 20.1 Å². The third-order valence-electron chi connectivity index (χ3n) is 2.42. The van der Waals surface area contributed by atoms with Crippen LogP contribution in [0.25, 0.3) is 0 Å². The molecule has 7 nitrogen and oxygen atoms in total. The predicted octanol–water partition coefficient (Wildman–Crippen LogP) is -0.329. The lowest BCUT2D eigenvalue weighted by atomic mass is 10.2. The fourth-order valence-corrected chi connectivity index (χ4v) is 1.51. The van der Waals surface area contributed by atoms with E-state index in [1.165, 1.54) is 0 Å². The normalized spacial score (nSPS) is 11.5. The van der Waals surface area contributed by atoms with Gasteiger partial charge in [0.25, 0.3) is 0 Å². The van der Waals surface area contributed by atoms with Crippen molar-refractivity contribution in [3.8, 4) is 17.6 Å². The summed E-state index contributed by atoms with van der Waals surface area (Å²) in [6, 6.07) is 6.95. The number of nitriles is 1. The fraction of sp³-hybridized carbons (Fsp3) is 0.250. The van der Waals surface area contributed by atoms with Gasteiger partial charge in [-0.1, -0.05) is 6.07 Å². The highest BCUT2D eigenvalue weighted by molar-refractivity contribution is 6.35. The number of hydrogen-bond donors (Lipinski definition) is 2. The first-order valence-corrected chi connectivity index (χ1v) is 5.52. The van der Waals surface area contributed by atoms with E-state index in [4.69, 9.17) is 14.7 Å². The van der Waals surface area contributed by atoms with Crippen LogP contribution in [0.4, 0.5) is 0 Å². The molecular formula is C12H11N3O4. The van der Waals surface area contributed by atoms with E-state index >= 15 is 0 Å². The predicted molar refractivity (Wildman–Crippen MR) is 63.0 cm³/mol. The van der Waals surface area contributed by atoms with Gasteiger partial charge in [-0.3, -0.25) is 9.59 Å². The minimum Gasteiger partial charge on any atom is -0.454 e. The summed E-state index contributed by atoms with van der Waals surface area (Å²) in [5.74, 6) is -0.349. The number of nitrogens with zero attached hydrogens (tertiary/aromatic N) is 1. The van der Waals surface area contributed by atoms with Crippen molar-refractivity contribution in [1.29, 1.82) is 5.26 Å². The average Bonchev–Trinajstić information content (AvgIpc) is 2.89. The Morgan fingerprint density at radius 1 is 1.21 bits per heavy atom. The second-order valence-electron chi connectivity index (χ2n) is 3.71. The van der Waals surface area contributed by atoms with Crippen LogP contribution < -0.4 is 20.1 Å². The van der Waals surface area contributed by atoms with Crippen LogP contribution in [0, 0.1) is 11.3 Å². The van der Waals surface area contributed by atoms with Gasteiger partial charge in [-0.05, 0) is 17.7 Å². The molecule has 0 saturated heterocycles. The lowest BCUT2D eigenvalue weighted by molar-refractivity contribution is -0.139. The van der Waals surface area contributed by atoms with Crippen molar-refractivity contribution in [2.45, 2.75) is 6.54 Å². The summed E-state index contributed by atoms with van der Waals surface area (Å²) < 4.78 is 10.4. The first-order chi connectivity index (χ1) is 9.20. The molecule has 1 aliphatic rings. The lowest BCUT2D eigenvalue weighted by Gasteiger charge is -2.05. The van der Waals surface area contributed by atoms with Crippen molar-refractivity contribution in [2.75, 3.05) is 13.3 Å². The highest BCUT2D eigenvalue weighted by Crippen LogP contribution is 2.32. The number of amides is 2. The molecule has 0 aromatic heterocycles. The molecule has 2 amide bonds. The van der Waals surface area contributed by atoms with Gasteiger partial charge in [-0.25, -0.2) is 0 Å². The molecule has 0 radical (unpaired) electrons. The Labute approximate surface area is 109 Å². The Balaban J connectivity index is 1.87. The van der Waals surface area contributed by atoms with Crippen molar-refractivity contribution in [3.63, 3.8) is 0 Å². The minimum atomic E-state index is -0.831. The number of fused-ring (bicyclic) bond motifs is 1. The van der Waals surface area contributed by atoms with E-state index < -0.39 is 11.8 Å². The van der Waals surface area contributed by atoms with E-state index in [1.807, 2.05) is 0 Å². The zero-order chi connectivity index (χ0) is 13.7. The molecule has 1 aromatic carbocycles. The maximum Gasteiger partial charge on any atom is 0.310 e. The summed E-state index contributed by atoms with van der Waals surface area (Å²) in [6.45, 7) is 0.174. The van der Waals surface area contributed by atoms with Gasteiger partial charge in [0.15, 0.2) is 11.5 Å². The van der Waals surface area contributed by atoms with E-state index in [2.05, 4.69) is 10.6 Å². The Hall–Kier alpha value is -2.75. The van der Waals surface area contributed by atoms with Gasteiger partial charge in [-0.2, -0.15) is 5.26 Å². The van der Waals surface area contributed by atoms with Gasteiger partial charge >= 0.3 is 11.8 Å². The van der Waals surface area contributed by atoms with Crippen LogP contribution in [0.15, 0.2) is 18.2 Å². The van der Waals surface area contributed by atoms with E-state index in [0.717, 1.165) is 5.56 Å². The van der Waals surface area contributed by atoms with Crippen LogP contribution in [0.1, 0.15) is 5.56 Å². The summed E-state index contributed by atoms with van der Waals surface area (Å²) in [5.41, 5.74) is 0.783. The first kappa shape index (κ1) is 12.7. The topological polar surface area (TPSA) is 100 Å². The second kappa shape index (κ2) is 5.73. The van der Waals surface area contributed by atoms with Crippen LogP contribution in [-0.2, 0) is 16.1 Å². The Kier molecular flexibility index (Phi) is 3.83. The van der Waals surface area contributed by atoms with Gasteiger partial charge in [0.05, 0.1) is 6.07 Å². The molecule has 19 heavy (non-hydrogen) atoms. The van der Waals surface area contributed by atoms with Crippen molar-refractivity contribution < 1.29 is 19.1 Å². The molecule has 1 aliphatic heterocycles. The van der Waals surface area contributed by atoms with Crippen molar-refractivity contribution in [1.82, 2.24) is 10.6 Å². The first-order valence-electron chi connectivity index (χ1n) is 5.52. The molecule has 1 heterocycles. The zero-order valence-corrected chi connectivity index (χ0v) is 9.93. The van der Waals surface area contributed by atoms with E-state index in [1.54, 1.807) is 24.3 Å². The van der Waals surface area contributed by atoms with Crippen molar-refractivity contribution in [3.05, 3.63) is 23.8 Å². The maximum absolute atomic E-state index is 11.4. The number of hydrogen-bond acceptors (Lipinski definition) is 5. The standard InChI is InChI=1S/C12H11N3O4/c13-3-4-14-11(16)12(17)15-6-8-1-2-9-10(5-8)19-7-18-9/h1-2,5H,4,6-7H2,(H,14,16)(H,15,17). The van der Waals surface area contributed by atoms with Crippen LogP contribution >= 0.6 is 0 Å². The number of benzene rings is 1. The second-order valence-corrected chi connectivity index (χ2v) is 3.71. The summed E-state index contributed by atoms with van der Waals surface area (Å²) in [5, 5.41) is 12.9. The highest BCUT2D eigenvalue weighted by Gasteiger charge is 2.15. The van der Waals surface area contributed by atoms with Gasteiger partial charge in [0, 0.05) is 6.54 Å². The third kappa shape index (κ3) is 3.13. The molecule has 0 spiro atoms. The molecule has 0 saturated carbocycles. The molecule has 0 atom stereocenters. The van der Waals surface area contributed by atoms with Crippen molar-refractivity contribution in [2.24, 2.45) is 0 Å². The lowest BCUT2D eigenvalue weighted by Crippen LogP contribution is -2.39. The molecule has 2 N–H and O–H groups in total. The highest BCUT2D eigenvalue weighted by atomic mass is 16.7. The minimum absolute atomic E-state index is 0.182. The molecule has 0 unspecified atom stereocenters. The quantitative estimate of drug-likeness (QED) is 0.573. The molecule has 2 rings (SSSR count). The van der Waals surface area contributed by atoms with Crippen molar-refractivity contribution >= 4 is 11.8 Å². The molecule has 0 bridgehead atoms. The zero-order valence-electron chi connectivity index (χ0n) is 9.93. The summed E-state index contributed by atoms with van der Waals surface area (Å²) in [7, 11) is 0. The molecule has 0 fully saturated rings. The monoisotopic (exact) mass is 261 g/mol. The van der Waals surface area contributed by atoms with Crippen LogP contribution in [-0.4, -0.2) is 25.2 Å². The molecule has 7 heteroatoms. The van der Waals surface area contributed by atoms with E-state index in [0.29, 0.717) is 11.5 Å². The fourth-order valence-electron chi connectivity index (χ4n) is 1.51. The third-order valence-corrected chi connectivity index (χ3v) is 2.42. The summed E-state index contributed by atoms with van der Waals surface area (Å²) >= 11 is 0. The maximum atomic E-state index is 11.4. The van der Waals surface area contributed by atoms with Crippen LogP contribution in [0.3, 0.4) is 0 Å². The molecule has 0 aliphatic carbocycles. The average molecular weight is 261 g/mol. The number of carbonyl (C=O) groups is 2. The van der Waals surface area contributed by atoms with Gasteiger partial charge in [-0.15, -0.1) is 0 Å². The number of ether oxygens (including phenoxy) is 2. The number of rotatable bonds is 3. The smallest absolute Gasteiger partial charge is 0.310 e. The molecule has 98 valence electrons. The largest absolute Gasteiger partial charge is 0.454 e. The summed E-state index contributed by atoms with van der Waals surface area (Å²) in [4.78, 5) is 22.6. The number of carbonyl (C=O) groups excluding carboxylic acids is 2. The number of nitrogens with one attached hydrogen (secondary N) is 2. The Morgan fingerprint density at radius 3 is 2.74 bits per heavy atom. The summed E-state index contributed by atoms with van der Waals surface area (Å²) in [6.07, 6.45) is 0. The molecule has 1 aromatic rings. The Morgan fingerprint density at radius 2 is 1.95 bits per heavy atom.